The number of hydrogen-bond acceptors (Lipinski definition) is 6. The van der Waals surface area contributed by atoms with E-state index in [-0.39, 0.29) is 0 Å². The SMILES string of the molecule is CCc1cc(C2CCN(C)CC2)c2ncc(CCc3cc(N4CCN(CCOC)CC4)c4nccc(C(C)C)c4c3)c(C(C)C)c2c1. The maximum Gasteiger partial charge on any atom is 0.0938 e. The van der Waals surface area contributed by atoms with Crippen LogP contribution in [0, 0.1) is 0 Å². The molecule has 0 saturated carbocycles. The summed E-state index contributed by atoms with van der Waals surface area (Å²) in [7, 11) is 4.04. The molecule has 6 heteroatoms. The molecule has 2 aliphatic heterocycles. The second kappa shape index (κ2) is 15.0. The minimum Gasteiger partial charge on any atom is -0.383 e. The number of ether oxygens (including phenoxy) is 1. The number of anilines is 1. The number of piperidine rings is 1. The first-order valence-electron chi connectivity index (χ1n) is 18.3. The number of nitrogens with zero attached hydrogens (tertiary/aromatic N) is 5. The average molecular weight is 636 g/mol. The Morgan fingerprint density at radius 2 is 1.57 bits per heavy atom. The van der Waals surface area contributed by atoms with Crippen molar-refractivity contribution in [3.8, 4) is 0 Å². The van der Waals surface area contributed by atoms with Crippen molar-refractivity contribution in [1.29, 1.82) is 0 Å². The van der Waals surface area contributed by atoms with Crippen LogP contribution in [0.15, 0.2) is 42.7 Å². The van der Waals surface area contributed by atoms with Crippen molar-refractivity contribution >= 4 is 27.5 Å². The summed E-state index contributed by atoms with van der Waals surface area (Å²) in [5.41, 5.74) is 12.3. The molecule has 4 aromatic rings. The van der Waals surface area contributed by atoms with E-state index in [0.29, 0.717) is 17.8 Å². The largest absolute Gasteiger partial charge is 0.383 e. The molecule has 0 aliphatic carbocycles. The molecule has 0 N–H and O–H groups in total. The van der Waals surface area contributed by atoms with Gasteiger partial charge in [-0.3, -0.25) is 14.9 Å². The van der Waals surface area contributed by atoms with Gasteiger partial charge in [0.05, 0.1) is 23.3 Å². The Hall–Kier alpha value is -3.06. The van der Waals surface area contributed by atoms with E-state index in [4.69, 9.17) is 14.7 Å². The molecule has 6 rings (SSSR count). The van der Waals surface area contributed by atoms with Crippen LogP contribution in [0.4, 0.5) is 5.69 Å². The lowest BCUT2D eigenvalue weighted by Crippen LogP contribution is -2.47. The normalized spacial score (nSPS) is 17.2. The Morgan fingerprint density at radius 1 is 0.830 bits per heavy atom. The van der Waals surface area contributed by atoms with E-state index >= 15 is 0 Å². The highest BCUT2D eigenvalue weighted by Crippen LogP contribution is 2.38. The molecule has 0 bridgehead atoms. The second-order valence-corrected chi connectivity index (χ2v) is 14.8. The average Bonchev–Trinajstić information content (AvgIpc) is 3.08. The number of hydrogen-bond donors (Lipinski definition) is 0. The van der Waals surface area contributed by atoms with Gasteiger partial charge in [-0.1, -0.05) is 40.7 Å². The minimum atomic E-state index is 0.436. The Kier molecular flexibility index (Phi) is 10.8. The topological polar surface area (TPSA) is 44.7 Å². The fourth-order valence-corrected chi connectivity index (χ4v) is 8.08. The minimum absolute atomic E-state index is 0.436. The third-order valence-corrected chi connectivity index (χ3v) is 10.9. The van der Waals surface area contributed by atoms with Crippen LogP contribution in [0.5, 0.6) is 0 Å². The van der Waals surface area contributed by atoms with Crippen molar-refractivity contribution in [2.75, 3.05) is 71.5 Å². The van der Waals surface area contributed by atoms with Gasteiger partial charge in [-0.25, -0.2) is 0 Å². The fraction of sp³-hybridized carbons (Fsp3) is 0.561. The molecule has 2 saturated heterocycles. The van der Waals surface area contributed by atoms with Gasteiger partial charge in [0.15, 0.2) is 0 Å². The third kappa shape index (κ3) is 7.35. The summed E-state index contributed by atoms with van der Waals surface area (Å²) in [5.74, 6) is 1.48. The van der Waals surface area contributed by atoms with E-state index in [2.05, 4.69) is 92.9 Å². The number of methoxy groups -OCH3 is 1. The number of pyridine rings is 2. The molecule has 2 fully saturated rings. The first-order chi connectivity index (χ1) is 22.8. The number of aryl methyl sites for hydroxylation is 3. The maximum absolute atomic E-state index is 5.35. The lowest BCUT2D eigenvalue weighted by Gasteiger charge is -2.36. The molecular weight excluding hydrogens is 578 g/mol. The zero-order chi connectivity index (χ0) is 33.1. The van der Waals surface area contributed by atoms with Crippen molar-refractivity contribution in [1.82, 2.24) is 19.8 Å². The van der Waals surface area contributed by atoms with E-state index in [1.165, 1.54) is 81.3 Å². The zero-order valence-electron chi connectivity index (χ0n) is 30.1. The molecule has 2 aliphatic rings. The highest BCUT2D eigenvalue weighted by atomic mass is 16.5. The molecule has 2 aromatic heterocycles. The molecule has 0 spiro atoms. The predicted molar refractivity (Wildman–Crippen MR) is 198 cm³/mol. The molecule has 47 heavy (non-hydrogen) atoms. The van der Waals surface area contributed by atoms with Gasteiger partial charge in [0.1, 0.15) is 0 Å². The van der Waals surface area contributed by atoms with Gasteiger partial charge in [-0.05, 0) is 128 Å². The quantitative estimate of drug-likeness (QED) is 0.167. The predicted octanol–water partition coefficient (Wildman–Crippen LogP) is 7.96. The number of benzene rings is 2. The number of rotatable bonds is 11. The standard InChI is InChI=1S/C41H57N5O/c1-8-30-23-35(32-12-15-44(6)16-13-32)40-37(24-30)39(29(4)5)33(27-43-40)10-9-31-25-36-34(28(2)3)11-14-42-41(36)38(26-31)46-19-17-45(18-20-46)21-22-47-7/h11,14,23-29,32H,8-10,12-13,15-22H2,1-7H3. The molecule has 0 amide bonds. The summed E-state index contributed by atoms with van der Waals surface area (Å²) in [4.78, 5) is 17.8. The number of aromatic nitrogens is 2. The summed E-state index contributed by atoms with van der Waals surface area (Å²) < 4.78 is 5.35. The second-order valence-electron chi connectivity index (χ2n) is 14.8. The van der Waals surface area contributed by atoms with Crippen LogP contribution in [0.25, 0.3) is 21.8 Å². The van der Waals surface area contributed by atoms with Crippen LogP contribution >= 0.6 is 0 Å². The van der Waals surface area contributed by atoms with Crippen molar-refractivity contribution in [2.24, 2.45) is 0 Å². The van der Waals surface area contributed by atoms with Crippen LogP contribution in [0.3, 0.4) is 0 Å². The van der Waals surface area contributed by atoms with E-state index in [1.807, 2.05) is 6.20 Å². The van der Waals surface area contributed by atoms with Crippen LogP contribution in [-0.4, -0.2) is 86.3 Å². The van der Waals surface area contributed by atoms with Gasteiger partial charge >= 0.3 is 0 Å². The fourth-order valence-electron chi connectivity index (χ4n) is 8.08. The van der Waals surface area contributed by atoms with Crippen LogP contribution in [-0.2, 0) is 24.0 Å². The Balaban J connectivity index is 1.35. The monoisotopic (exact) mass is 635 g/mol. The van der Waals surface area contributed by atoms with E-state index in [0.717, 1.165) is 64.1 Å². The molecule has 6 nitrogen and oxygen atoms in total. The molecule has 0 atom stereocenters. The van der Waals surface area contributed by atoms with Gasteiger partial charge < -0.3 is 14.5 Å². The molecule has 4 heterocycles. The summed E-state index contributed by atoms with van der Waals surface area (Å²) in [6.45, 7) is 19.9. The van der Waals surface area contributed by atoms with Gasteiger partial charge in [0.2, 0.25) is 0 Å². The summed E-state index contributed by atoms with van der Waals surface area (Å²) in [6.07, 6.45) is 9.72. The molecule has 0 radical (unpaired) electrons. The summed E-state index contributed by atoms with van der Waals surface area (Å²) in [5, 5.41) is 2.70. The molecule has 2 aromatic carbocycles. The van der Waals surface area contributed by atoms with Crippen molar-refractivity contribution in [2.45, 2.75) is 84.5 Å². The highest BCUT2D eigenvalue weighted by molar-refractivity contribution is 5.94. The van der Waals surface area contributed by atoms with Crippen LogP contribution < -0.4 is 4.90 Å². The lowest BCUT2D eigenvalue weighted by molar-refractivity contribution is 0.144. The van der Waals surface area contributed by atoms with Gasteiger partial charge in [-0.2, -0.15) is 0 Å². The maximum atomic E-state index is 5.35. The van der Waals surface area contributed by atoms with Gasteiger partial charge in [0.25, 0.3) is 0 Å². The van der Waals surface area contributed by atoms with Crippen molar-refractivity contribution in [3.05, 3.63) is 76.1 Å². The van der Waals surface area contributed by atoms with E-state index in [9.17, 15) is 0 Å². The van der Waals surface area contributed by atoms with Crippen LogP contribution in [0.2, 0.25) is 0 Å². The Labute approximate surface area is 283 Å². The summed E-state index contributed by atoms with van der Waals surface area (Å²) in [6, 6.07) is 12.0. The van der Waals surface area contributed by atoms with E-state index < -0.39 is 0 Å². The molecule has 0 unspecified atom stereocenters. The Bertz CT molecular complexity index is 1660. The lowest BCUT2D eigenvalue weighted by atomic mass is 9.83. The number of likely N-dealkylation sites (tertiary alicyclic amines) is 1. The van der Waals surface area contributed by atoms with Gasteiger partial charge in [0, 0.05) is 63.0 Å². The third-order valence-electron chi connectivity index (χ3n) is 10.9. The molecular formula is C41H57N5O. The number of piperazine rings is 1. The van der Waals surface area contributed by atoms with Crippen LogP contribution in [0.1, 0.15) is 98.6 Å². The van der Waals surface area contributed by atoms with Crippen molar-refractivity contribution in [3.63, 3.8) is 0 Å². The highest BCUT2D eigenvalue weighted by Gasteiger charge is 2.25. The van der Waals surface area contributed by atoms with Gasteiger partial charge in [-0.15, -0.1) is 0 Å². The van der Waals surface area contributed by atoms with Crippen molar-refractivity contribution < 1.29 is 4.74 Å². The molecule has 252 valence electrons. The first kappa shape index (κ1) is 33.8. The zero-order valence-corrected chi connectivity index (χ0v) is 30.1. The van der Waals surface area contributed by atoms with E-state index in [1.54, 1.807) is 7.11 Å². The summed E-state index contributed by atoms with van der Waals surface area (Å²) >= 11 is 0. The smallest absolute Gasteiger partial charge is 0.0938 e. The first-order valence-corrected chi connectivity index (χ1v) is 18.3. The Morgan fingerprint density at radius 3 is 2.26 bits per heavy atom. The number of fused-ring (bicyclic) bond motifs is 2.